The Balaban J connectivity index is 2.33. The Hall–Kier alpha value is -1.43. The molecule has 0 radical (unpaired) electrons. The van der Waals surface area contributed by atoms with Crippen LogP contribution in [-0.2, 0) is 4.74 Å². The van der Waals surface area contributed by atoms with Crippen molar-refractivity contribution in [1.82, 2.24) is 15.0 Å². The molecule has 1 aromatic heterocycles. The highest BCUT2D eigenvalue weighted by Crippen LogP contribution is 2.41. The highest BCUT2D eigenvalue weighted by Gasteiger charge is 2.34. The molecule has 6 heteroatoms. The molecular weight excluding hydrogens is 210 g/mol. The number of ether oxygens (including phenoxy) is 1. The number of hydrogen-bond acceptors (Lipinski definition) is 4. The van der Waals surface area contributed by atoms with Crippen LogP contribution in [0.5, 0.6) is 0 Å². The number of carboxylic acid groups (broad SMARTS) is 1. The minimum atomic E-state index is -1.00. The van der Waals surface area contributed by atoms with Crippen LogP contribution in [-0.4, -0.2) is 39.8 Å². The predicted molar refractivity (Wildman–Crippen MR) is 55.5 cm³/mol. The summed E-state index contributed by atoms with van der Waals surface area (Å²) in [6.45, 7) is 2.44. The summed E-state index contributed by atoms with van der Waals surface area (Å²) in [6.07, 6.45) is 2.04. The van der Waals surface area contributed by atoms with Gasteiger partial charge in [-0.25, -0.2) is 9.48 Å². The van der Waals surface area contributed by atoms with Crippen molar-refractivity contribution < 1.29 is 14.6 Å². The van der Waals surface area contributed by atoms with E-state index in [0.29, 0.717) is 12.5 Å². The van der Waals surface area contributed by atoms with Gasteiger partial charge < -0.3 is 9.84 Å². The van der Waals surface area contributed by atoms with E-state index in [1.54, 1.807) is 11.8 Å². The summed E-state index contributed by atoms with van der Waals surface area (Å²) in [7, 11) is 1.61. The molecule has 0 aliphatic heterocycles. The highest BCUT2D eigenvalue weighted by atomic mass is 16.5. The standard InChI is InChI=1S/C10H15N3O3/c1-6(5-16-2)13-9(7-3-4-7)8(10(14)15)11-12-13/h6-7H,3-5H2,1-2H3,(H,14,15). The summed E-state index contributed by atoms with van der Waals surface area (Å²) < 4.78 is 6.73. The van der Waals surface area contributed by atoms with Gasteiger partial charge in [0.1, 0.15) is 0 Å². The molecule has 0 amide bonds. The van der Waals surface area contributed by atoms with Crippen LogP contribution in [0.4, 0.5) is 0 Å². The van der Waals surface area contributed by atoms with Crippen molar-refractivity contribution in [3.8, 4) is 0 Å². The Morgan fingerprint density at radius 2 is 2.38 bits per heavy atom. The van der Waals surface area contributed by atoms with Crippen LogP contribution in [0.2, 0.25) is 0 Å². The van der Waals surface area contributed by atoms with Gasteiger partial charge >= 0.3 is 5.97 Å². The largest absolute Gasteiger partial charge is 0.476 e. The normalized spacial score (nSPS) is 17.4. The van der Waals surface area contributed by atoms with Crippen LogP contribution >= 0.6 is 0 Å². The maximum absolute atomic E-state index is 11.0. The van der Waals surface area contributed by atoms with E-state index < -0.39 is 5.97 Å². The topological polar surface area (TPSA) is 77.2 Å². The predicted octanol–water partition coefficient (Wildman–Crippen LogP) is 1.06. The number of aromatic nitrogens is 3. The van der Waals surface area contributed by atoms with Crippen molar-refractivity contribution in [2.24, 2.45) is 0 Å². The lowest BCUT2D eigenvalue weighted by Crippen LogP contribution is -2.16. The molecule has 1 saturated carbocycles. The number of rotatable bonds is 5. The molecule has 1 fully saturated rings. The molecule has 6 nitrogen and oxygen atoms in total. The van der Waals surface area contributed by atoms with Gasteiger partial charge in [0, 0.05) is 13.0 Å². The van der Waals surface area contributed by atoms with Gasteiger partial charge in [-0.1, -0.05) is 5.21 Å². The zero-order chi connectivity index (χ0) is 11.7. The average Bonchev–Trinajstić information content (AvgIpc) is 2.96. The number of aromatic carboxylic acids is 1. The van der Waals surface area contributed by atoms with Crippen molar-refractivity contribution in [3.63, 3.8) is 0 Å². The highest BCUT2D eigenvalue weighted by molar-refractivity contribution is 5.86. The van der Waals surface area contributed by atoms with E-state index in [0.717, 1.165) is 18.5 Å². The molecule has 1 unspecified atom stereocenters. The molecule has 2 rings (SSSR count). The lowest BCUT2D eigenvalue weighted by molar-refractivity contribution is 0.0689. The zero-order valence-corrected chi connectivity index (χ0v) is 9.38. The van der Waals surface area contributed by atoms with Gasteiger partial charge in [0.05, 0.1) is 18.3 Å². The van der Waals surface area contributed by atoms with Crippen molar-refractivity contribution in [2.75, 3.05) is 13.7 Å². The van der Waals surface area contributed by atoms with Gasteiger partial charge in [-0.15, -0.1) is 5.10 Å². The summed E-state index contributed by atoms with van der Waals surface area (Å²) in [6, 6.07) is 0.0150. The Kier molecular flexibility index (Phi) is 2.91. The van der Waals surface area contributed by atoms with Crippen LogP contribution < -0.4 is 0 Å². The average molecular weight is 225 g/mol. The lowest BCUT2D eigenvalue weighted by Gasteiger charge is -2.13. The summed E-state index contributed by atoms with van der Waals surface area (Å²) >= 11 is 0. The first-order valence-corrected chi connectivity index (χ1v) is 5.32. The Bertz CT molecular complexity index is 398. The fraction of sp³-hybridized carbons (Fsp3) is 0.700. The van der Waals surface area contributed by atoms with Crippen molar-refractivity contribution in [3.05, 3.63) is 11.4 Å². The molecule has 1 N–H and O–H groups in total. The maximum Gasteiger partial charge on any atom is 0.358 e. The van der Waals surface area contributed by atoms with Crippen LogP contribution in [0.15, 0.2) is 0 Å². The number of hydrogen-bond donors (Lipinski definition) is 1. The van der Waals surface area contributed by atoms with Gasteiger partial charge in [-0.2, -0.15) is 0 Å². The fourth-order valence-corrected chi connectivity index (χ4v) is 1.83. The van der Waals surface area contributed by atoms with Crippen LogP contribution in [0.1, 0.15) is 47.9 Å². The molecule has 16 heavy (non-hydrogen) atoms. The summed E-state index contributed by atoms with van der Waals surface area (Å²) in [4.78, 5) is 11.0. The number of methoxy groups -OCH3 is 1. The monoisotopic (exact) mass is 225 g/mol. The van der Waals surface area contributed by atoms with E-state index in [4.69, 9.17) is 9.84 Å². The van der Waals surface area contributed by atoms with Crippen LogP contribution in [0, 0.1) is 0 Å². The summed E-state index contributed by atoms with van der Waals surface area (Å²) in [5, 5.41) is 16.7. The van der Waals surface area contributed by atoms with E-state index >= 15 is 0 Å². The number of carboxylic acids is 1. The third-order valence-corrected chi connectivity index (χ3v) is 2.72. The SMILES string of the molecule is COCC(C)n1nnc(C(=O)O)c1C1CC1. The van der Waals surface area contributed by atoms with Crippen molar-refractivity contribution >= 4 is 5.97 Å². The second-order valence-electron chi connectivity index (χ2n) is 4.15. The number of nitrogens with zero attached hydrogens (tertiary/aromatic N) is 3. The lowest BCUT2D eigenvalue weighted by atomic mass is 10.2. The smallest absolute Gasteiger partial charge is 0.358 e. The van der Waals surface area contributed by atoms with E-state index in [2.05, 4.69) is 10.3 Å². The second-order valence-corrected chi connectivity index (χ2v) is 4.15. The van der Waals surface area contributed by atoms with Gasteiger partial charge in [-0.3, -0.25) is 0 Å². The molecule has 1 heterocycles. The zero-order valence-electron chi connectivity index (χ0n) is 9.38. The summed E-state index contributed by atoms with van der Waals surface area (Å²) in [5.41, 5.74) is 0.836. The van der Waals surface area contributed by atoms with Gasteiger partial charge in [0.15, 0.2) is 5.69 Å². The van der Waals surface area contributed by atoms with E-state index in [-0.39, 0.29) is 11.7 Å². The van der Waals surface area contributed by atoms with Gasteiger partial charge in [-0.05, 0) is 19.8 Å². The second kappa shape index (κ2) is 4.21. The molecule has 0 aromatic carbocycles. The number of carbonyl (C=O) groups is 1. The van der Waals surface area contributed by atoms with Crippen LogP contribution in [0.3, 0.4) is 0 Å². The van der Waals surface area contributed by atoms with E-state index in [1.807, 2.05) is 6.92 Å². The molecular formula is C10H15N3O3. The third kappa shape index (κ3) is 1.92. The first kappa shape index (κ1) is 11.1. The Labute approximate surface area is 93.2 Å². The minimum Gasteiger partial charge on any atom is -0.476 e. The van der Waals surface area contributed by atoms with Crippen molar-refractivity contribution in [2.45, 2.75) is 31.7 Å². The van der Waals surface area contributed by atoms with Crippen molar-refractivity contribution in [1.29, 1.82) is 0 Å². The van der Waals surface area contributed by atoms with Gasteiger partial charge in [0.2, 0.25) is 0 Å². The fourth-order valence-electron chi connectivity index (χ4n) is 1.83. The quantitative estimate of drug-likeness (QED) is 0.810. The van der Waals surface area contributed by atoms with Crippen LogP contribution in [0.25, 0.3) is 0 Å². The molecule has 1 aliphatic rings. The Morgan fingerprint density at radius 1 is 1.69 bits per heavy atom. The molecule has 0 spiro atoms. The first-order chi connectivity index (χ1) is 7.65. The maximum atomic E-state index is 11.0. The van der Waals surface area contributed by atoms with Gasteiger partial charge in [0.25, 0.3) is 0 Å². The molecule has 88 valence electrons. The first-order valence-electron chi connectivity index (χ1n) is 5.32. The molecule has 0 saturated heterocycles. The minimum absolute atomic E-state index is 0.0150. The van der Waals surface area contributed by atoms with E-state index in [9.17, 15) is 4.79 Å². The summed E-state index contributed by atoms with van der Waals surface area (Å²) in [5.74, 6) is -0.696. The molecule has 1 atom stereocenters. The van der Waals surface area contributed by atoms with E-state index in [1.165, 1.54) is 0 Å². The molecule has 1 aromatic rings. The third-order valence-electron chi connectivity index (χ3n) is 2.72. The molecule has 0 bridgehead atoms. The Morgan fingerprint density at radius 3 is 2.88 bits per heavy atom. The molecule has 1 aliphatic carbocycles.